The van der Waals surface area contributed by atoms with Crippen molar-refractivity contribution in [3.05, 3.63) is 71.3 Å². The summed E-state index contributed by atoms with van der Waals surface area (Å²) < 4.78 is -1.67. The number of halogens is 4. The lowest BCUT2D eigenvalue weighted by Gasteiger charge is -2.24. The topological polar surface area (TPSA) is 29.1 Å². The van der Waals surface area contributed by atoms with Gasteiger partial charge in [0.15, 0.2) is 0 Å². The zero-order valence-corrected chi connectivity index (χ0v) is 16.1. The summed E-state index contributed by atoms with van der Waals surface area (Å²) >= 11 is 25.0. The molecule has 1 atom stereocenters. The van der Waals surface area contributed by atoms with E-state index >= 15 is 0 Å². The van der Waals surface area contributed by atoms with Gasteiger partial charge in [-0.1, -0.05) is 88.5 Å². The molecule has 0 bridgehead atoms. The first kappa shape index (κ1) is 19.5. The van der Waals surface area contributed by atoms with Crippen molar-refractivity contribution in [2.75, 3.05) is 0 Å². The maximum Gasteiger partial charge on any atom is 0.245 e. The molecule has 1 amide bonds. The van der Waals surface area contributed by atoms with Gasteiger partial charge >= 0.3 is 0 Å². The number of thioether (sulfide) groups is 1. The van der Waals surface area contributed by atoms with Gasteiger partial charge in [0.05, 0.1) is 0 Å². The second-order valence-electron chi connectivity index (χ2n) is 4.75. The van der Waals surface area contributed by atoms with E-state index in [2.05, 4.69) is 5.32 Å². The minimum Gasteiger partial charge on any atom is -0.336 e. The molecule has 0 aliphatic rings. The first-order valence-corrected chi connectivity index (χ1v) is 9.26. The van der Waals surface area contributed by atoms with E-state index in [1.807, 2.05) is 30.3 Å². The fourth-order valence-electron chi connectivity index (χ4n) is 1.74. The van der Waals surface area contributed by atoms with E-state index in [4.69, 9.17) is 46.4 Å². The van der Waals surface area contributed by atoms with E-state index in [1.54, 1.807) is 30.3 Å². The molecular formula is C17H13Cl4NOS. The van der Waals surface area contributed by atoms with E-state index in [-0.39, 0.29) is 5.91 Å². The minimum atomic E-state index is -1.67. The van der Waals surface area contributed by atoms with Crippen LogP contribution >= 0.6 is 58.2 Å². The van der Waals surface area contributed by atoms with E-state index < -0.39 is 9.17 Å². The number of carbonyl (C=O) groups excluding carboxylic acids is 1. The van der Waals surface area contributed by atoms with E-state index in [0.29, 0.717) is 5.02 Å². The Hall–Kier alpha value is -0.840. The van der Waals surface area contributed by atoms with Gasteiger partial charge in [-0.15, -0.1) is 0 Å². The van der Waals surface area contributed by atoms with E-state index in [0.717, 1.165) is 10.5 Å². The van der Waals surface area contributed by atoms with Crippen LogP contribution in [0, 0.1) is 0 Å². The number of alkyl halides is 3. The quantitative estimate of drug-likeness (QED) is 0.280. The highest BCUT2D eigenvalue weighted by atomic mass is 35.6. The average molecular weight is 421 g/mol. The number of rotatable bonds is 5. The fourth-order valence-corrected chi connectivity index (χ4v) is 3.31. The van der Waals surface area contributed by atoms with Gasteiger partial charge in [0.25, 0.3) is 0 Å². The molecule has 0 saturated carbocycles. The molecule has 0 aromatic heterocycles. The van der Waals surface area contributed by atoms with Crippen LogP contribution in [0.5, 0.6) is 0 Å². The Morgan fingerprint density at radius 2 is 1.67 bits per heavy atom. The lowest BCUT2D eigenvalue weighted by molar-refractivity contribution is -0.116. The second-order valence-corrected chi connectivity index (χ2v) is 8.73. The van der Waals surface area contributed by atoms with Gasteiger partial charge in [-0.05, 0) is 35.9 Å². The Bertz CT molecular complexity index is 699. The maximum atomic E-state index is 12.1. The van der Waals surface area contributed by atoms with Crippen LogP contribution in [-0.2, 0) is 4.79 Å². The van der Waals surface area contributed by atoms with Crippen LogP contribution in [-0.4, -0.2) is 15.1 Å². The summed E-state index contributed by atoms with van der Waals surface area (Å²) in [7, 11) is 0. The summed E-state index contributed by atoms with van der Waals surface area (Å²) in [6, 6.07) is 16.5. The van der Waals surface area contributed by atoms with Gasteiger partial charge in [0.1, 0.15) is 5.37 Å². The lowest BCUT2D eigenvalue weighted by atomic mass is 10.2. The highest BCUT2D eigenvalue weighted by Crippen LogP contribution is 2.39. The Morgan fingerprint density at radius 3 is 2.25 bits per heavy atom. The molecule has 0 radical (unpaired) electrons. The monoisotopic (exact) mass is 419 g/mol. The van der Waals surface area contributed by atoms with Crippen molar-refractivity contribution >= 4 is 70.1 Å². The third-order valence-electron chi connectivity index (χ3n) is 2.86. The Labute approximate surface area is 165 Å². The molecule has 0 aliphatic heterocycles. The van der Waals surface area contributed by atoms with Crippen LogP contribution in [0.15, 0.2) is 65.6 Å². The van der Waals surface area contributed by atoms with Gasteiger partial charge in [-0.3, -0.25) is 4.79 Å². The number of amides is 1. The first-order valence-electron chi connectivity index (χ1n) is 6.87. The maximum absolute atomic E-state index is 12.1. The van der Waals surface area contributed by atoms with Crippen molar-refractivity contribution in [3.8, 4) is 0 Å². The normalized spacial score (nSPS) is 13.0. The molecule has 126 valence electrons. The van der Waals surface area contributed by atoms with Gasteiger partial charge in [0.2, 0.25) is 9.70 Å². The van der Waals surface area contributed by atoms with Crippen LogP contribution in [0.2, 0.25) is 5.02 Å². The molecule has 24 heavy (non-hydrogen) atoms. The Morgan fingerprint density at radius 1 is 1.04 bits per heavy atom. The molecule has 0 aliphatic carbocycles. The fraction of sp³-hybridized carbons (Fsp3) is 0.118. The summed E-state index contributed by atoms with van der Waals surface area (Å²) in [5, 5.41) is 2.56. The summed E-state index contributed by atoms with van der Waals surface area (Å²) in [5.74, 6) is -0.350. The standard InChI is InChI=1S/C17H13Cl4NOS/c18-13-7-9-14(10-8-13)24-16(17(19,20)21)22-15(23)11-6-12-4-2-1-3-5-12/h1-11,16H,(H,22,23). The largest absolute Gasteiger partial charge is 0.336 e. The average Bonchev–Trinajstić information content (AvgIpc) is 2.54. The van der Waals surface area contributed by atoms with Crippen molar-refractivity contribution in [1.82, 2.24) is 5.32 Å². The molecule has 0 saturated heterocycles. The zero-order chi connectivity index (χ0) is 17.6. The number of nitrogens with one attached hydrogen (secondary N) is 1. The zero-order valence-electron chi connectivity index (χ0n) is 12.3. The van der Waals surface area contributed by atoms with Gasteiger partial charge in [-0.25, -0.2) is 0 Å². The molecule has 1 N–H and O–H groups in total. The molecule has 1 unspecified atom stereocenters. The number of hydrogen-bond acceptors (Lipinski definition) is 2. The minimum absolute atomic E-state index is 0.350. The molecule has 2 aromatic rings. The van der Waals surface area contributed by atoms with Gasteiger partial charge in [-0.2, -0.15) is 0 Å². The number of carbonyl (C=O) groups is 1. The highest BCUT2D eigenvalue weighted by molar-refractivity contribution is 8.00. The second kappa shape index (κ2) is 9.02. The van der Waals surface area contributed by atoms with Crippen LogP contribution in [0.25, 0.3) is 6.08 Å². The summed E-state index contributed by atoms with van der Waals surface area (Å²) in [6.45, 7) is 0. The third-order valence-corrected chi connectivity index (χ3v) is 5.41. The predicted octanol–water partition coefficient (Wildman–Crippen LogP) is 5.96. The molecule has 2 nitrogen and oxygen atoms in total. The van der Waals surface area contributed by atoms with E-state index in [9.17, 15) is 4.79 Å². The summed E-state index contributed by atoms with van der Waals surface area (Å²) in [6.07, 6.45) is 3.10. The SMILES string of the molecule is O=C(C=Cc1ccccc1)NC(Sc1ccc(Cl)cc1)C(Cl)(Cl)Cl. The van der Waals surface area contributed by atoms with Crippen LogP contribution in [0.1, 0.15) is 5.56 Å². The first-order chi connectivity index (χ1) is 11.3. The summed E-state index contributed by atoms with van der Waals surface area (Å²) in [5.41, 5.74) is 0.906. The smallest absolute Gasteiger partial charge is 0.245 e. The van der Waals surface area contributed by atoms with Crippen LogP contribution in [0.3, 0.4) is 0 Å². The van der Waals surface area contributed by atoms with Crippen molar-refractivity contribution in [2.24, 2.45) is 0 Å². The van der Waals surface area contributed by atoms with Gasteiger partial charge in [0, 0.05) is 16.0 Å². The van der Waals surface area contributed by atoms with Crippen molar-refractivity contribution in [1.29, 1.82) is 0 Å². The van der Waals surface area contributed by atoms with E-state index in [1.165, 1.54) is 17.8 Å². The van der Waals surface area contributed by atoms with Gasteiger partial charge < -0.3 is 5.32 Å². The summed E-state index contributed by atoms with van der Waals surface area (Å²) in [4.78, 5) is 12.9. The Balaban J connectivity index is 2.04. The van der Waals surface area contributed by atoms with Crippen molar-refractivity contribution < 1.29 is 4.79 Å². The number of hydrogen-bond donors (Lipinski definition) is 1. The molecule has 0 heterocycles. The highest BCUT2D eigenvalue weighted by Gasteiger charge is 2.34. The molecule has 2 aromatic carbocycles. The van der Waals surface area contributed by atoms with Crippen molar-refractivity contribution in [2.45, 2.75) is 14.1 Å². The lowest BCUT2D eigenvalue weighted by Crippen LogP contribution is -2.40. The molecule has 7 heteroatoms. The van der Waals surface area contributed by atoms with Crippen LogP contribution < -0.4 is 5.32 Å². The molecule has 0 spiro atoms. The third kappa shape index (κ3) is 6.58. The molecule has 0 fully saturated rings. The Kier molecular flexibility index (Phi) is 7.33. The van der Waals surface area contributed by atoms with Crippen molar-refractivity contribution in [3.63, 3.8) is 0 Å². The molecular weight excluding hydrogens is 408 g/mol. The van der Waals surface area contributed by atoms with Crippen LogP contribution in [0.4, 0.5) is 0 Å². The molecule has 2 rings (SSSR count). The number of benzene rings is 2. The predicted molar refractivity (Wildman–Crippen MR) is 105 cm³/mol.